The Bertz CT molecular complexity index is 958. The quantitative estimate of drug-likeness (QED) is 0.555. The van der Waals surface area contributed by atoms with Crippen molar-refractivity contribution < 1.29 is 14.3 Å². The number of benzene rings is 2. The summed E-state index contributed by atoms with van der Waals surface area (Å²) in [4.78, 5) is 15.0. The Morgan fingerprint density at radius 3 is 2.40 bits per heavy atom. The number of hydrogen-bond donors (Lipinski definition) is 1. The van der Waals surface area contributed by atoms with Crippen LogP contribution in [0.3, 0.4) is 0 Å². The second-order valence-electron chi connectivity index (χ2n) is 7.24. The van der Waals surface area contributed by atoms with Crippen LogP contribution in [0.2, 0.25) is 0 Å². The SMILES string of the molecule is COc1cc(N2CCCC2)c(OC)cc1/C=C(/C#N)C(=O)N[C@H](C)c1ccccc1. The van der Waals surface area contributed by atoms with E-state index in [1.165, 1.54) is 0 Å². The van der Waals surface area contributed by atoms with E-state index in [0.29, 0.717) is 17.1 Å². The van der Waals surface area contributed by atoms with Gasteiger partial charge < -0.3 is 19.7 Å². The van der Waals surface area contributed by atoms with Crippen molar-refractivity contribution in [1.82, 2.24) is 5.32 Å². The van der Waals surface area contributed by atoms with Gasteiger partial charge in [0.05, 0.1) is 25.9 Å². The molecule has 1 atom stereocenters. The number of hydrogen-bond acceptors (Lipinski definition) is 5. The average Bonchev–Trinajstić information content (AvgIpc) is 3.32. The fraction of sp³-hybridized carbons (Fsp3) is 0.333. The maximum atomic E-state index is 12.7. The summed E-state index contributed by atoms with van der Waals surface area (Å²) in [5.41, 5.74) is 2.56. The summed E-state index contributed by atoms with van der Waals surface area (Å²) in [7, 11) is 3.20. The number of nitrogens with zero attached hydrogens (tertiary/aromatic N) is 2. The molecule has 2 aromatic carbocycles. The molecule has 1 amide bonds. The van der Waals surface area contributed by atoms with Gasteiger partial charge in [-0.3, -0.25) is 4.79 Å². The van der Waals surface area contributed by atoms with Gasteiger partial charge in [0.2, 0.25) is 0 Å². The highest BCUT2D eigenvalue weighted by atomic mass is 16.5. The van der Waals surface area contributed by atoms with E-state index in [0.717, 1.165) is 37.2 Å². The molecular formula is C24H27N3O3. The zero-order chi connectivity index (χ0) is 21.5. The number of carbonyl (C=O) groups is 1. The summed E-state index contributed by atoms with van der Waals surface area (Å²) >= 11 is 0. The summed E-state index contributed by atoms with van der Waals surface area (Å²) in [6, 6.07) is 15.1. The summed E-state index contributed by atoms with van der Waals surface area (Å²) in [6.07, 6.45) is 3.83. The number of carbonyl (C=O) groups excluding carboxylic acids is 1. The molecule has 0 unspecified atom stereocenters. The van der Waals surface area contributed by atoms with Gasteiger partial charge in [0.25, 0.3) is 5.91 Å². The zero-order valence-electron chi connectivity index (χ0n) is 17.6. The van der Waals surface area contributed by atoms with E-state index in [-0.39, 0.29) is 11.6 Å². The van der Waals surface area contributed by atoms with Crippen LogP contribution in [0, 0.1) is 11.3 Å². The first-order valence-electron chi connectivity index (χ1n) is 10.1. The standard InChI is InChI=1S/C24H27N3O3/c1-17(18-9-5-4-6-10-18)26-24(28)20(16-25)13-19-14-23(30-3)21(15-22(19)29-2)27-11-7-8-12-27/h4-6,9-10,13-15,17H,7-8,11-12H2,1-3H3,(H,26,28)/b20-13-/t17-/m1/s1. The van der Waals surface area contributed by atoms with Crippen LogP contribution in [0.1, 0.15) is 36.9 Å². The van der Waals surface area contributed by atoms with Crippen molar-refractivity contribution in [2.75, 3.05) is 32.2 Å². The lowest BCUT2D eigenvalue weighted by Gasteiger charge is -2.22. The largest absolute Gasteiger partial charge is 0.496 e. The predicted octanol–water partition coefficient (Wildman–Crippen LogP) is 4.09. The van der Waals surface area contributed by atoms with Gasteiger partial charge in [0, 0.05) is 24.7 Å². The second-order valence-corrected chi connectivity index (χ2v) is 7.24. The molecule has 6 heteroatoms. The van der Waals surface area contributed by atoms with Gasteiger partial charge in [-0.1, -0.05) is 30.3 Å². The molecule has 0 bridgehead atoms. The Kier molecular flexibility index (Phi) is 6.97. The number of methoxy groups -OCH3 is 2. The van der Waals surface area contributed by atoms with Crippen LogP contribution < -0.4 is 19.7 Å². The average molecular weight is 405 g/mol. The predicted molar refractivity (Wildman–Crippen MR) is 118 cm³/mol. The highest BCUT2D eigenvalue weighted by molar-refractivity contribution is 6.02. The maximum absolute atomic E-state index is 12.7. The molecule has 1 N–H and O–H groups in total. The van der Waals surface area contributed by atoms with Gasteiger partial charge >= 0.3 is 0 Å². The van der Waals surface area contributed by atoms with E-state index in [2.05, 4.69) is 10.2 Å². The first-order chi connectivity index (χ1) is 14.6. The Hall–Kier alpha value is -3.46. The molecule has 30 heavy (non-hydrogen) atoms. The molecule has 0 aliphatic carbocycles. The molecule has 0 spiro atoms. The lowest BCUT2D eigenvalue weighted by Crippen LogP contribution is -2.27. The highest BCUT2D eigenvalue weighted by Gasteiger charge is 2.20. The van der Waals surface area contributed by atoms with Crippen LogP contribution in [0.4, 0.5) is 5.69 Å². The molecule has 6 nitrogen and oxygen atoms in total. The molecule has 156 valence electrons. The van der Waals surface area contributed by atoms with Gasteiger partial charge in [-0.05, 0) is 37.5 Å². The van der Waals surface area contributed by atoms with Crippen molar-refractivity contribution >= 4 is 17.7 Å². The van der Waals surface area contributed by atoms with E-state index in [9.17, 15) is 10.1 Å². The summed E-state index contributed by atoms with van der Waals surface area (Å²) in [5, 5.41) is 12.5. The summed E-state index contributed by atoms with van der Waals surface area (Å²) in [5.74, 6) is 0.854. The maximum Gasteiger partial charge on any atom is 0.262 e. The molecule has 1 fully saturated rings. The van der Waals surface area contributed by atoms with Crippen molar-refractivity contribution in [2.24, 2.45) is 0 Å². The lowest BCUT2D eigenvalue weighted by atomic mass is 10.1. The van der Waals surface area contributed by atoms with Gasteiger partial charge in [-0.2, -0.15) is 5.26 Å². The van der Waals surface area contributed by atoms with Crippen LogP contribution in [0.15, 0.2) is 48.0 Å². The van der Waals surface area contributed by atoms with Gasteiger partial charge in [-0.15, -0.1) is 0 Å². The molecule has 1 heterocycles. The number of anilines is 1. The Morgan fingerprint density at radius 1 is 1.13 bits per heavy atom. The summed E-state index contributed by atoms with van der Waals surface area (Å²) < 4.78 is 11.1. The fourth-order valence-electron chi connectivity index (χ4n) is 3.63. The summed E-state index contributed by atoms with van der Waals surface area (Å²) in [6.45, 7) is 3.83. The fourth-order valence-corrected chi connectivity index (χ4v) is 3.63. The molecule has 0 saturated carbocycles. The molecule has 3 rings (SSSR count). The van der Waals surface area contributed by atoms with Crippen LogP contribution in [0.25, 0.3) is 6.08 Å². The second kappa shape index (κ2) is 9.84. The van der Waals surface area contributed by atoms with Crippen molar-refractivity contribution in [3.8, 4) is 17.6 Å². The first-order valence-corrected chi connectivity index (χ1v) is 10.1. The van der Waals surface area contributed by atoms with Crippen molar-refractivity contribution in [3.05, 3.63) is 59.2 Å². The minimum Gasteiger partial charge on any atom is -0.496 e. The van der Waals surface area contributed by atoms with Crippen LogP contribution >= 0.6 is 0 Å². The number of nitriles is 1. The first kappa shape index (κ1) is 21.3. The van der Waals surface area contributed by atoms with Crippen LogP contribution in [-0.2, 0) is 4.79 Å². The van der Waals surface area contributed by atoms with Gasteiger partial charge in [0.15, 0.2) is 0 Å². The number of rotatable bonds is 7. The molecule has 1 aliphatic heterocycles. The van der Waals surface area contributed by atoms with E-state index in [4.69, 9.17) is 9.47 Å². The molecule has 0 radical (unpaired) electrons. The minimum atomic E-state index is -0.432. The monoisotopic (exact) mass is 405 g/mol. The van der Waals surface area contributed by atoms with E-state index >= 15 is 0 Å². The molecule has 2 aromatic rings. The normalized spacial score (nSPS) is 14.7. The van der Waals surface area contributed by atoms with Crippen LogP contribution in [-0.4, -0.2) is 33.2 Å². The van der Waals surface area contributed by atoms with Crippen molar-refractivity contribution in [3.63, 3.8) is 0 Å². The lowest BCUT2D eigenvalue weighted by molar-refractivity contribution is -0.117. The van der Waals surface area contributed by atoms with Crippen molar-refractivity contribution in [1.29, 1.82) is 5.26 Å². The number of ether oxygens (including phenoxy) is 2. The zero-order valence-corrected chi connectivity index (χ0v) is 17.6. The number of amides is 1. The Morgan fingerprint density at radius 2 is 1.80 bits per heavy atom. The van der Waals surface area contributed by atoms with Crippen molar-refractivity contribution in [2.45, 2.75) is 25.8 Å². The smallest absolute Gasteiger partial charge is 0.262 e. The highest BCUT2D eigenvalue weighted by Crippen LogP contribution is 2.38. The third-order valence-corrected chi connectivity index (χ3v) is 5.29. The molecule has 0 aromatic heterocycles. The molecular weight excluding hydrogens is 378 g/mol. The Labute approximate surface area is 177 Å². The van der Waals surface area contributed by atoms with E-state index < -0.39 is 5.91 Å². The van der Waals surface area contributed by atoms with E-state index in [1.807, 2.05) is 55.5 Å². The molecule has 1 saturated heterocycles. The Balaban J connectivity index is 1.88. The molecule has 1 aliphatic rings. The van der Waals surface area contributed by atoms with Gasteiger partial charge in [-0.25, -0.2) is 0 Å². The number of nitrogens with one attached hydrogen (secondary N) is 1. The topological polar surface area (TPSA) is 74.6 Å². The third-order valence-electron chi connectivity index (χ3n) is 5.29. The van der Waals surface area contributed by atoms with E-state index in [1.54, 1.807) is 20.3 Å². The van der Waals surface area contributed by atoms with Crippen LogP contribution in [0.5, 0.6) is 11.5 Å². The third kappa shape index (κ3) is 4.74. The van der Waals surface area contributed by atoms with Gasteiger partial charge in [0.1, 0.15) is 23.1 Å². The minimum absolute atomic E-state index is 0.00653.